The Morgan fingerprint density at radius 3 is 2.19 bits per heavy atom. The maximum Gasteiger partial charge on any atom is 0.255 e. The summed E-state index contributed by atoms with van der Waals surface area (Å²) in [6.45, 7) is 2.64. The number of rotatable bonds is 5. The first kappa shape index (κ1) is 19.3. The van der Waals surface area contributed by atoms with Gasteiger partial charge in [0.1, 0.15) is 5.75 Å². The van der Waals surface area contributed by atoms with Crippen LogP contribution in [0.15, 0.2) is 53.4 Å². The van der Waals surface area contributed by atoms with Crippen molar-refractivity contribution in [2.75, 3.05) is 45.7 Å². The fraction of sp³-hybridized carbons (Fsp3) is 0.316. The SMILES string of the molecule is COc1ccc(C(=O)Nc2ccc(S(=O)(=O)N3CC[NH+](C)CC3)cc2)cc1. The van der Waals surface area contributed by atoms with Crippen LogP contribution in [0.5, 0.6) is 5.75 Å². The molecule has 0 spiro atoms. The zero-order valence-corrected chi connectivity index (χ0v) is 16.3. The molecule has 1 heterocycles. The highest BCUT2D eigenvalue weighted by Crippen LogP contribution is 2.19. The van der Waals surface area contributed by atoms with Gasteiger partial charge in [-0.1, -0.05) is 0 Å². The Balaban J connectivity index is 1.68. The summed E-state index contributed by atoms with van der Waals surface area (Å²) in [5, 5.41) is 2.77. The van der Waals surface area contributed by atoms with Crippen molar-refractivity contribution in [2.45, 2.75) is 4.90 Å². The number of carbonyl (C=O) groups is 1. The van der Waals surface area contributed by atoms with Gasteiger partial charge in [0.25, 0.3) is 5.91 Å². The molecule has 0 radical (unpaired) electrons. The molecular weight excluding hydrogens is 366 g/mol. The summed E-state index contributed by atoms with van der Waals surface area (Å²) < 4.78 is 32.0. The van der Waals surface area contributed by atoms with Gasteiger partial charge in [-0.2, -0.15) is 4.31 Å². The summed E-state index contributed by atoms with van der Waals surface area (Å²) in [5.74, 6) is 0.405. The lowest BCUT2D eigenvalue weighted by atomic mass is 10.2. The number of amides is 1. The number of nitrogens with zero attached hydrogens (tertiary/aromatic N) is 1. The average molecular weight is 390 g/mol. The van der Waals surface area contributed by atoms with E-state index in [0.717, 1.165) is 13.1 Å². The minimum Gasteiger partial charge on any atom is -0.497 e. The lowest BCUT2D eigenvalue weighted by Crippen LogP contribution is -3.12. The molecule has 0 atom stereocenters. The average Bonchev–Trinajstić information content (AvgIpc) is 2.69. The van der Waals surface area contributed by atoms with Crippen molar-refractivity contribution in [2.24, 2.45) is 0 Å². The van der Waals surface area contributed by atoms with E-state index in [0.29, 0.717) is 30.1 Å². The topological polar surface area (TPSA) is 80.1 Å². The molecule has 0 aromatic heterocycles. The second kappa shape index (κ2) is 8.08. The lowest BCUT2D eigenvalue weighted by molar-refractivity contribution is -0.883. The van der Waals surface area contributed by atoms with Gasteiger partial charge in [0, 0.05) is 11.3 Å². The van der Waals surface area contributed by atoms with E-state index in [4.69, 9.17) is 4.74 Å². The molecule has 1 amide bonds. The molecule has 3 rings (SSSR count). The highest BCUT2D eigenvalue weighted by Gasteiger charge is 2.29. The van der Waals surface area contributed by atoms with Crippen LogP contribution in [0.1, 0.15) is 10.4 Å². The molecule has 1 aliphatic rings. The third-order valence-corrected chi connectivity index (χ3v) is 6.59. The van der Waals surface area contributed by atoms with E-state index >= 15 is 0 Å². The monoisotopic (exact) mass is 390 g/mol. The molecule has 1 fully saturated rings. The van der Waals surface area contributed by atoms with E-state index in [1.54, 1.807) is 43.5 Å². The molecule has 144 valence electrons. The molecule has 2 aromatic carbocycles. The van der Waals surface area contributed by atoms with E-state index in [1.807, 2.05) is 0 Å². The number of piperazine rings is 1. The summed E-state index contributed by atoms with van der Waals surface area (Å²) in [6.07, 6.45) is 0. The Hall–Kier alpha value is -2.42. The number of likely N-dealkylation sites (N-methyl/N-ethyl adjacent to an activating group) is 1. The van der Waals surface area contributed by atoms with Crippen LogP contribution in [0.4, 0.5) is 5.69 Å². The molecule has 0 aliphatic carbocycles. The van der Waals surface area contributed by atoms with Crippen molar-refractivity contribution in [1.29, 1.82) is 0 Å². The third kappa shape index (κ3) is 4.47. The van der Waals surface area contributed by atoms with Crippen LogP contribution in [0, 0.1) is 0 Å². The van der Waals surface area contributed by atoms with Crippen LogP contribution in [0.25, 0.3) is 0 Å². The number of quaternary nitrogens is 1. The number of anilines is 1. The Morgan fingerprint density at radius 2 is 1.63 bits per heavy atom. The molecule has 2 N–H and O–H groups in total. The van der Waals surface area contributed by atoms with Crippen molar-refractivity contribution in [1.82, 2.24) is 4.31 Å². The number of hydrogen-bond acceptors (Lipinski definition) is 4. The number of benzene rings is 2. The summed E-state index contributed by atoms with van der Waals surface area (Å²) in [6, 6.07) is 13.0. The predicted molar refractivity (Wildman–Crippen MR) is 103 cm³/mol. The van der Waals surface area contributed by atoms with E-state index in [-0.39, 0.29) is 10.8 Å². The van der Waals surface area contributed by atoms with Gasteiger partial charge in [0.2, 0.25) is 10.0 Å². The maximum atomic E-state index is 12.7. The molecule has 27 heavy (non-hydrogen) atoms. The molecule has 1 aliphatic heterocycles. The van der Waals surface area contributed by atoms with Gasteiger partial charge in [-0.15, -0.1) is 0 Å². The van der Waals surface area contributed by atoms with Gasteiger partial charge in [0.05, 0.1) is 45.2 Å². The van der Waals surface area contributed by atoms with E-state index in [1.165, 1.54) is 21.3 Å². The van der Waals surface area contributed by atoms with E-state index in [9.17, 15) is 13.2 Å². The molecule has 2 aromatic rings. The minimum atomic E-state index is -3.50. The molecule has 8 heteroatoms. The fourth-order valence-corrected chi connectivity index (χ4v) is 4.35. The zero-order valence-electron chi connectivity index (χ0n) is 15.4. The van der Waals surface area contributed by atoms with Crippen molar-refractivity contribution in [3.8, 4) is 5.75 Å². The first-order valence-corrected chi connectivity index (χ1v) is 10.2. The first-order chi connectivity index (χ1) is 12.9. The smallest absolute Gasteiger partial charge is 0.255 e. The predicted octanol–water partition coefficient (Wildman–Crippen LogP) is 0.467. The van der Waals surface area contributed by atoms with Crippen LogP contribution in [0.3, 0.4) is 0 Å². The molecule has 0 unspecified atom stereocenters. The Labute approximate surface area is 159 Å². The summed E-state index contributed by atoms with van der Waals surface area (Å²) >= 11 is 0. The Kier molecular flexibility index (Phi) is 5.79. The summed E-state index contributed by atoms with van der Waals surface area (Å²) in [4.78, 5) is 13.9. The van der Waals surface area contributed by atoms with Gasteiger partial charge in [-0.3, -0.25) is 4.79 Å². The number of nitrogens with one attached hydrogen (secondary N) is 2. The van der Waals surface area contributed by atoms with Crippen molar-refractivity contribution >= 4 is 21.6 Å². The number of ether oxygens (including phenoxy) is 1. The molecule has 1 saturated heterocycles. The Bertz CT molecular complexity index is 888. The first-order valence-electron chi connectivity index (χ1n) is 8.77. The minimum absolute atomic E-state index is 0.240. The fourth-order valence-electron chi connectivity index (χ4n) is 2.91. The van der Waals surface area contributed by atoms with Gasteiger partial charge in [0.15, 0.2) is 0 Å². The largest absolute Gasteiger partial charge is 0.497 e. The van der Waals surface area contributed by atoms with E-state index in [2.05, 4.69) is 12.4 Å². The lowest BCUT2D eigenvalue weighted by Gasteiger charge is -2.29. The highest BCUT2D eigenvalue weighted by atomic mass is 32.2. The van der Waals surface area contributed by atoms with Crippen LogP contribution >= 0.6 is 0 Å². The normalized spacial score (nSPS) is 16.1. The van der Waals surface area contributed by atoms with E-state index < -0.39 is 10.0 Å². The Morgan fingerprint density at radius 1 is 1.04 bits per heavy atom. The summed E-state index contributed by atoms with van der Waals surface area (Å²) in [5.41, 5.74) is 1.03. The van der Waals surface area contributed by atoms with Crippen molar-refractivity contribution < 1.29 is 22.8 Å². The second-order valence-electron chi connectivity index (χ2n) is 6.57. The number of methoxy groups -OCH3 is 1. The number of carbonyl (C=O) groups excluding carboxylic acids is 1. The zero-order chi connectivity index (χ0) is 19.4. The second-order valence-corrected chi connectivity index (χ2v) is 8.51. The van der Waals surface area contributed by atoms with Crippen LogP contribution in [-0.2, 0) is 10.0 Å². The van der Waals surface area contributed by atoms with Gasteiger partial charge >= 0.3 is 0 Å². The number of hydrogen-bond donors (Lipinski definition) is 2. The molecule has 0 bridgehead atoms. The maximum absolute atomic E-state index is 12.7. The standard InChI is InChI=1S/C19H23N3O4S/c1-21-11-13-22(14-12-21)27(24,25)18-9-5-16(6-10-18)20-19(23)15-3-7-17(26-2)8-4-15/h3-10H,11-14H2,1-2H3,(H,20,23)/p+1. The third-order valence-electron chi connectivity index (χ3n) is 4.68. The highest BCUT2D eigenvalue weighted by molar-refractivity contribution is 7.89. The molecular formula is C19H24N3O4S+. The van der Waals surface area contributed by atoms with Gasteiger partial charge in [-0.05, 0) is 48.5 Å². The van der Waals surface area contributed by atoms with Crippen LogP contribution < -0.4 is 15.0 Å². The van der Waals surface area contributed by atoms with Gasteiger partial charge < -0.3 is 15.0 Å². The van der Waals surface area contributed by atoms with Crippen LogP contribution in [-0.4, -0.2) is 59.0 Å². The molecule has 0 saturated carbocycles. The number of sulfonamides is 1. The van der Waals surface area contributed by atoms with Crippen molar-refractivity contribution in [3.05, 3.63) is 54.1 Å². The quantitative estimate of drug-likeness (QED) is 0.778. The molecule has 7 nitrogen and oxygen atoms in total. The van der Waals surface area contributed by atoms with Gasteiger partial charge in [-0.25, -0.2) is 8.42 Å². The summed E-state index contributed by atoms with van der Waals surface area (Å²) in [7, 11) is 0.126. The van der Waals surface area contributed by atoms with Crippen molar-refractivity contribution in [3.63, 3.8) is 0 Å². The van der Waals surface area contributed by atoms with Crippen LogP contribution in [0.2, 0.25) is 0 Å².